The highest BCUT2D eigenvalue weighted by Crippen LogP contribution is 2.17. The highest BCUT2D eigenvalue weighted by molar-refractivity contribution is 5.81. The maximum Gasteiger partial charge on any atom is 0.237 e. The second-order valence-electron chi connectivity index (χ2n) is 5.66. The SMILES string of the molecule is CC(C(=O)NC1CCCCC1)N1CCCNCC1. The number of hydrogen-bond donors (Lipinski definition) is 2. The van der Waals surface area contributed by atoms with Crippen molar-refractivity contribution in [2.75, 3.05) is 26.2 Å². The van der Waals surface area contributed by atoms with Crippen LogP contribution in [0.1, 0.15) is 45.4 Å². The molecule has 0 aromatic heterocycles. The van der Waals surface area contributed by atoms with E-state index < -0.39 is 0 Å². The summed E-state index contributed by atoms with van der Waals surface area (Å²) in [5.41, 5.74) is 0. The molecule has 0 bridgehead atoms. The molecule has 1 amide bonds. The van der Waals surface area contributed by atoms with E-state index in [9.17, 15) is 4.79 Å². The highest BCUT2D eigenvalue weighted by atomic mass is 16.2. The molecule has 0 radical (unpaired) electrons. The van der Waals surface area contributed by atoms with Gasteiger partial charge in [0.1, 0.15) is 0 Å². The van der Waals surface area contributed by atoms with Crippen LogP contribution in [-0.4, -0.2) is 49.1 Å². The van der Waals surface area contributed by atoms with E-state index in [2.05, 4.69) is 15.5 Å². The summed E-state index contributed by atoms with van der Waals surface area (Å²) in [6.45, 7) is 6.14. The van der Waals surface area contributed by atoms with Gasteiger partial charge in [-0.05, 0) is 32.7 Å². The largest absolute Gasteiger partial charge is 0.352 e. The van der Waals surface area contributed by atoms with E-state index in [1.165, 1.54) is 32.1 Å². The summed E-state index contributed by atoms with van der Waals surface area (Å²) in [4.78, 5) is 14.6. The van der Waals surface area contributed by atoms with E-state index in [-0.39, 0.29) is 11.9 Å². The normalized spacial score (nSPS) is 25.4. The summed E-state index contributed by atoms with van der Waals surface area (Å²) in [7, 11) is 0. The molecule has 2 aliphatic rings. The number of carbonyl (C=O) groups excluding carboxylic acids is 1. The first-order valence-electron chi connectivity index (χ1n) is 7.52. The monoisotopic (exact) mass is 253 g/mol. The van der Waals surface area contributed by atoms with Gasteiger partial charge in [0.15, 0.2) is 0 Å². The van der Waals surface area contributed by atoms with E-state index in [4.69, 9.17) is 0 Å². The topological polar surface area (TPSA) is 44.4 Å². The van der Waals surface area contributed by atoms with Crippen LogP contribution >= 0.6 is 0 Å². The molecule has 1 saturated heterocycles. The lowest BCUT2D eigenvalue weighted by Gasteiger charge is -2.29. The number of nitrogens with one attached hydrogen (secondary N) is 2. The van der Waals surface area contributed by atoms with Crippen LogP contribution in [0.3, 0.4) is 0 Å². The van der Waals surface area contributed by atoms with Crippen molar-refractivity contribution < 1.29 is 4.79 Å². The van der Waals surface area contributed by atoms with Crippen molar-refractivity contribution in [3.05, 3.63) is 0 Å². The van der Waals surface area contributed by atoms with Crippen LogP contribution in [0.4, 0.5) is 0 Å². The Bertz CT molecular complexity index is 256. The molecule has 1 unspecified atom stereocenters. The van der Waals surface area contributed by atoms with Gasteiger partial charge in [0, 0.05) is 25.7 Å². The predicted molar refractivity (Wildman–Crippen MR) is 73.5 cm³/mol. The molecule has 2 N–H and O–H groups in total. The maximum absolute atomic E-state index is 12.2. The van der Waals surface area contributed by atoms with Crippen LogP contribution in [0.5, 0.6) is 0 Å². The van der Waals surface area contributed by atoms with Crippen molar-refractivity contribution in [2.24, 2.45) is 0 Å². The number of nitrogens with zero attached hydrogens (tertiary/aromatic N) is 1. The zero-order valence-electron chi connectivity index (χ0n) is 11.6. The molecule has 0 aromatic rings. The molecule has 1 atom stereocenters. The second kappa shape index (κ2) is 7.10. The summed E-state index contributed by atoms with van der Waals surface area (Å²) >= 11 is 0. The quantitative estimate of drug-likeness (QED) is 0.792. The van der Waals surface area contributed by atoms with E-state index >= 15 is 0 Å². The van der Waals surface area contributed by atoms with Gasteiger partial charge >= 0.3 is 0 Å². The molecule has 104 valence electrons. The lowest BCUT2D eigenvalue weighted by Crippen LogP contribution is -2.49. The van der Waals surface area contributed by atoms with Crippen molar-refractivity contribution in [1.82, 2.24) is 15.5 Å². The smallest absolute Gasteiger partial charge is 0.237 e. The maximum atomic E-state index is 12.2. The van der Waals surface area contributed by atoms with Gasteiger partial charge in [0.25, 0.3) is 0 Å². The van der Waals surface area contributed by atoms with Crippen molar-refractivity contribution in [3.8, 4) is 0 Å². The van der Waals surface area contributed by atoms with Crippen molar-refractivity contribution >= 4 is 5.91 Å². The Kier molecular flexibility index (Phi) is 5.45. The van der Waals surface area contributed by atoms with Gasteiger partial charge in [0.2, 0.25) is 5.91 Å². The summed E-state index contributed by atoms with van der Waals surface area (Å²) in [6.07, 6.45) is 7.35. The van der Waals surface area contributed by atoms with Crippen LogP contribution in [0.15, 0.2) is 0 Å². The van der Waals surface area contributed by atoms with Crippen molar-refractivity contribution in [3.63, 3.8) is 0 Å². The first kappa shape index (κ1) is 13.8. The molecule has 4 nitrogen and oxygen atoms in total. The molecule has 1 heterocycles. The Morgan fingerprint density at radius 2 is 1.94 bits per heavy atom. The molecule has 2 fully saturated rings. The third-order valence-electron chi connectivity index (χ3n) is 4.25. The number of hydrogen-bond acceptors (Lipinski definition) is 3. The summed E-state index contributed by atoms with van der Waals surface area (Å²) in [5, 5.41) is 6.61. The van der Waals surface area contributed by atoms with Crippen molar-refractivity contribution in [2.45, 2.75) is 57.5 Å². The van der Waals surface area contributed by atoms with Gasteiger partial charge in [-0.15, -0.1) is 0 Å². The minimum absolute atomic E-state index is 0.0202. The Morgan fingerprint density at radius 1 is 1.17 bits per heavy atom. The average molecular weight is 253 g/mol. The number of amides is 1. The average Bonchev–Trinajstić information content (AvgIpc) is 2.68. The molecular formula is C14H27N3O. The van der Waals surface area contributed by atoms with Crippen LogP contribution in [0.2, 0.25) is 0 Å². The molecule has 1 aliphatic carbocycles. The lowest BCUT2D eigenvalue weighted by atomic mass is 9.95. The third-order valence-corrected chi connectivity index (χ3v) is 4.25. The molecule has 0 aromatic carbocycles. The standard InChI is InChI=1S/C14H27N3O/c1-12(17-10-5-8-15-9-11-17)14(18)16-13-6-3-2-4-7-13/h12-13,15H,2-11H2,1H3,(H,16,18). The molecule has 18 heavy (non-hydrogen) atoms. The van der Waals surface area contributed by atoms with E-state index in [1.807, 2.05) is 6.92 Å². The van der Waals surface area contributed by atoms with Gasteiger partial charge in [-0.2, -0.15) is 0 Å². The van der Waals surface area contributed by atoms with E-state index in [0.29, 0.717) is 6.04 Å². The first-order valence-corrected chi connectivity index (χ1v) is 7.52. The van der Waals surface area contributed by atoms with Crippen LogP contribution < -0.4 is 10.6 Å². The van der Waals surface area contributed by atoms with Gasteiger partial charge in [-0.3, -0.25) is 9.69 Å². The Hall–Kier alpha value is -0.610. The highest BCUT2D eigenvalue weighted by Gasteiger charge is 2.24. The van der Waals surface area contributed by atoms with E-state index in [1.54, 1.807) is 0 Å². The second-order valence-corrected chi connectivity index (χ2v) is 5.66. The van der Waals surface area contributed by atoms with Crippen molar-refractivity contribution in [1.29, 1.82) is 0 Å². The molecule has 0 spiro atoms. The Balaban J connectivity index is 1.79. The van der Waals surface area contributed by atoms with Gasteiger partial charge in [0.05, 0.1) is 6.04 Å². The fourth-order valence-corrected chi connectivity index (χ4v) is 2.99. The lowest BCUT2D eigenvalue weighted by molar-refractivity contribution is -0.126. The van der Waals surface area contributed by atoms with E-state index in [0.717, 1.165) is 32.6 Å². The van der Waals surface area contributed by atoms with Gasteiger partial charge in [-0.1, -0.05) is 19.3 Å². The predicted octanol–water partition coefficient (Wildman–Crippen LogP) is 1.12. The zero-order chi connectivity index (χ0) is 12.8. The molecular weight excluding hydrogens is 226 g/mol. The van der Waals surface area contributed by atoms with Gasteiger partial charge in [-0.25, -0.2) is 0 Å². The Labute approximate surface area is 110 Å². The van der Waals surface area contributed by atoms with Crippen LogP contribution in [0, 0.1) is 0 Å². The summed E-state index contributed by atoms with van der Waals surface area (Å²) in [5.74, 6) is 0.226. The minimum atomic E-state index is 0.0202. The molecule has 1 saturated carbocycles. The molecule has 2 rings (SSSR count). The number of rotatable bonds is 3. The molecule has 4 heteroatoms. The fourth-order valence-electron chi connectivity index (χ4n) is 2.99. The molecule has 1 aliphatic heterocycles. The summed E-state index contributed by atoms with van der Waals surface area (Å²) in [6, 6.07) is 0.450. The Morgan fingerprint density at radius 3 is 2.72 bits per heavy atom. The summed E-state index contributed by atoms with van der Waals surface area (Å²) < 4.78 is 0. The third kappa shape index (κ3) is 3.95. The number of carbonyl (C=O) groups is 1. The minimum Gasteiger partial charge on any atom is -0.352 e. The zero-order valence-corrected chi connectivity index (χ0v) is 11.6. The first-order chi connectivity index (χ1) is 8.77. The van der Waals surface area contributed by atoms with Gasteiger partial charge < -0.3 is 10.6 Å². The van der Waals surface area contributed by atoms with Crippen LogP contribution in [-0.2, 0) is 4.79 Å². The van der Waals surface area contributed by atoms with Crippen LogP contribution in [0.25, 0.3) is 0 Å². The fraction of sp³-hybridized carbons (Fsp3) is 0.929.